The van der Waals surface area contributed by atoms with E-state index < -0.39 is 5.82 Å². The van der Waals surface area contributed by atoms with Crippen LogP contribution in [0.1, 0.15) is 16.8 Å². The van der Waals surface area contributed by atoms with Gasteiger partial charge in [-0.15, -0.1) is 0 Å². The van der Waals surface area contributed by atoms with Gasteiger partial charge in [0.1, 0.15) is 0 Å². The van der Waals surface area contributed by atoms with Crippen LogP contribution in [0.25, 0.3) is 0 Å². The predicted octanol–water partition coefficient (Wildman–Crippen LogP) is 4.11. The van der Waals surface area contributed by atoms with Gasteiger partial charge in [0, 0.05) is 22.3 Å². The van der Waals surface area contributed by atoms with Crippen molar-refractivity contribution in [1.29, 1.82) is 0 Å². The molecule has 1 aromatic heterocycles. The number of hydrogen-bond acceptors (Lipinski definition) is 3. The van der Waals surface area contributed by atoms with Crippen LogP contribution in [0.3, 0.4) is 0 Å². The van der Waals surface area contributed by atoms with Gasteiger partial charge in [0.15, 0.2) is 11.6 Å². The molecule has 0 fully saturated rings. The van der Waals surface area contributed by atoms with Gasteiger partial charge in [-0.05, 0) is 50.7 Å². The van der Waals surface area contributed by atoms with Crippen LogP contribution in [0.5, 0.6) is 11.6 Å². The molecular weight excluding hydrogens is 323 g/mol. The standard InChI is InChI=1S/C15H16BrFN2O/c1-9-6-10(2)19-15(12(9)8-18-3)20-14-7-11(16)4-5-13(14)17/h4-7,18H,8H2,1-3H3. The highest BCUT2D eigenvalue weighted by molar-refractivity contribution is 9.10. The van der Waals surface area contributed by atoms with Gasteiger partial charge < -0.3 is 10.1 Å². The second kappa shape index (κ2) is 6.33. The number of nitrogens with one attached hydrogen (secondary N) is 1. The molecule has 0 saturated heterocycles. The van der Waals surface area contributed by atoms with Crippen LogP contribution in [0, 0.1) is 19.7 Å². The van der Waals surface area contributed by atoms with E-state index in [1.165, 1.54) is 6.07 Å². The molecule has 0 aliphatic rings. The van der Waals surface area contributed by atoms with Crippen LogP contribution in [0.2, 0.25) is 0 Å². The van der Waals surface area contributed by atoms with E-state index in [9.17, 15) is 4.39 Å². The van der Waals surface area contributed by atoms with Crippen LogP contribution < -0.4 is 10.1 Å². The SMILES string of the molecule is CNCc1c(C)cc(C)nc1Oc1cc(Br)ccc1F. The maximum Gasteiger partial charge on any atom is 0.224 e. The molecule has 2 aromatic rings. The quantitative estimate of drug-likeness (QED) is 0.910. The minimum atomic E-state index is -0.412. The minimum Gasteiger partial charge on any atom is -0.436 e. The third kappa shape index (κ3) is 3.35. The summed E-state index contributed by atoms with van der Waals surface area (Å²) in [4.78, 5) is 4.37. The van der Waals surface area contributed by atoms with Crippen molar-refractivity contribution in [2.75, 3.05) is 7.05 Å². The molecule has 0 bridgehead atoms. The number of hydrogen-bond donors (Lipinski definition) is 1. The lowest BCUT2D eigenvalue weighted by Gasteiger charge is -2.14. The van der Waals surface area contributed by atoms with Gasteiger partial charge in [0.2, 0.25) is 5.88 Å². The Balaban J connectivity index is 2.44. The summed E-state index contributed by atoms with van der Waals surface area (Å²) in [5.74, 6) is 0.188. The molecule has 1 N–H and O–H groups in total. The number of rotatable bonds is 4. The molecule has 0 amide bonds. The van der Waals surface area contributed by atoms with Crippen molar-refractivity contribution < 1.29 is 9.13 Å². The first-order valence-electron chi connectivity index (χ1n) is 6.26. The number of halogens is 2. The van der Waals surface area contributed by atoms with E-state index in [-0.39, 0.29) is 5.75 Å². The second-order valence-corrected chi connectivity index (χ2v) is 5.49. The Kier molecular flexibility index (Phi) is 4.73. The first-order chi connectivity index (χ1) is 9.51. The topological polar surface area (TPSA) is 34.2 Å². The summed E-state index contributed by atoms with van der Waals surface area (Å²) in [6, 6.07) is 6.57. The summed E-state index contributed by atoms with van der Waals surface area (Å²) in [5, 5.41) is 3.07. The number of nitrogens with zero attached hydrogens (tertiary/aromatic N) is 1. The summed E-state index contributed by atoms with van der Waals surface area (Å²) in [6.45, 7) is 4.50. The van der Waals surface area contributed by atoms with Gasteiger partial charge >= 0.3 is 0 Å². The van der Waals surface area contributed by atoms with Crippen molar-refractivity contribution in [2.24, 2.45) is 0 Å². The molecule has 0 aliphatic carbocycles. The number of pyridine rings is 1. The second-order valence-electron chi connectivity index (χ2n) is 4.57. The normalized spacial score (nSPS) is 10.7. The van der Waals surface area contributed by atoms with Crippen molar-refractivity contribution in [2.45, 2.75) is 20.4 Å². The molecule has 20 heavy (non-hydrogen) atoms. The van der Waals surface area contributed by atoms with E-state index in [0.717, 1.165) is 21.3 Å². The molecule has 0 atom stereocenters. The van der Waals surface area contributed by atoms with Crippen molar-refractivity contribution in [3.8, 4) is 11.6 Å². The van der Waals surface area contributed by atoms with Crippen molar-refractivity contribution in [1.82, 2.24) is 10.3 Å². The Hall–Kier alpha value is -1.46. The molecule has 1 heterocycles. The summed E-state index contributed by atoms with van der Waals surface area (Å²) in [6.07, 6.45) is 0. The van der Waals surface area contributed by atoms with E-state index in [1.807, 2.05) is 27.0 Å². The largest absolute Gasteiger partial charge is 0.436 e. The van der Waals surface area contributed by atoms with E-state index in [4.69, 9.17) is 4.74 Å². The van der Waals surface area contributed by atoms with E-state index in [2.05, 4.69) is 26.2 Å². The molecule has 2 rings (SSSR count). The summed E-state index contributed by atoms with van der Waals surface area (Å²) in [5.41, 5.74) is 2.84. The highest BCUT2D eigenvalue weighted by Gasteiger charge is 2.13. The fourth-order valence-electron chi connectivity index (χ4n) is 1.96. The fourth-order valence-corrected chi connectivity index (χ4v) is 2.30. The molecule has 0 radical (unpaired) electrons. The maximum atomic E-state index is 13.8. The lowest BCUT2D eigenvalue weighted by Crippen LogP contribution is -2.10. The Labute approximate surface area is 126 Å². The fraction of sp³-hybridized carbons (Fsp3) is 0.267. The molecule has 106 valence electrons. The third-order valence-corrected chi connectivity index (χ3v) is 3.38. The molecule has 0 aliphatic heterocycles. The maximum absolute atomic E-state index is 13.8. The van der Waals surface area contributed by atoms with E-state index >= 15 is 0 Å². The van der Waals surface area contributed by atoms with Crippen LogP contribution in [0.15, 0.2) is 28.7 Å². The monoisotopic (exact) mass is 338 g/mol. The molecule has 0 unspecified atom stereocenters. The molecule has 3 nitrogen and oxygen atoms in total. The van der Waals surface area contributed by atoms with Crippen LogP contribution in [-0.2, 0) is 6.54 Å². The Morgan fingerprint density at radius 1 is 1.30 bits per heavy atom. The number of benzene rings is 1. The molecular formula is C15H16BrFN2O. The van der Waals surface area contributed by atoms with E-state index in [1.54, 1.807) is 12.1 Å². The number of aromatic nitrogens is 1. The van der Waals surface area contributed by atoms with Gasteiger partial charge in [0.05, 0.1) is 0 Å². The molecule has 0 spiro atoms. The highest BCUT2D eigenvalue weighted by atomic mass is 79.9. The van der Waals surface area contributed by atoms with Gasteiger partial charge in [-0.1, -0.05) is 15.9 Å². The van der Waals surface area contributed by atoms with Gasteiger partial charge in [-0.25, -0.2) is 9.37 Å². The molecule has 1 aromatic carbocycles. The Bertz CT molecular complexity index is 632. The number of aryl methyl sites for hydroxylation is 2. The molecule has 5 heteroatoms. The third-order valence-electron chi connectivity index (χ3n) is 2.89. The smallest absolute Gasteiger partial charge is 0.224 e. The van der Waals surface area contributed by atoms with Crippen molar-refractivity contribution >= 4 is 15.9 Å². The molecule has 0 saturated carbocycles. The highest BCUT2D eigenvalue weighted by Crippen LogP contribution is 2.30. The van der Waals surface area contributed by atoms with Gasteiger partial charge in [-0.3, -0.25) is 0 Å². The summed E-state index contributed by atoms with van der Waals surface area (Å²) in [7, 11) is 1.85. The first-order valence-corrected chi connectivity index (χ1v) is 7.05. The Morgan fingerprint density at radius 3 is 2.75 bits per heavy atom. The minimum absolute atomic E-state index is 0.161. The zero-order valence-electron chi connectivity index (χ0n) is 11.6. The van der Waals surface area contributed by atoms with Gasteiger partial charge in [0.25, 0.3) is 0 Å². The number of ether oxygens (including phenoxy) is 1. The van der Waals surface area contributed by atoms with Crippen LogP contribution >= 0.6 is 15.9 Å². The Morgan fingerprint density at radius 2 is 2.05 bits per heavy atom. The van der Waals surface area contributed by atoms with E-state index in [0.29, 0.717) is 12.4 Å². The zero-order valence-corrected chi connectivity index (χ0v) is 13.2. The van der Waals surface area contributed by atoms with Crippen LogP contribution in [0.4, 0.5) is 4.39 Å². The zero-order chi connectivity index (χ0) is 14.7. The lowest BCUT2D eigenvalue weighted by molar-refractivity contribution is 0.419. The average Bonchev–Trinajstić information content (AvgIpc) is 2.38. The summed E-state index contributed by atoms with van der Waals surface area (Å²) < 4.78 is 20.2. The van der Waals surface area contributed by atoms with Crippen molar-refractivity contribution in [3.63, 3.8) is 0 Å². The average molecular weight is 339 g/mol. The van der Waals surface area contributed by atoms with Crippen molar-refractivity contribution in [3.05, 3.63) is 51.4 Å². The first kappa shape index (κ1) is 14.9. The summed E-state index contributed by atoms with van der Waals surface area (Å²) >= 11 is 3.31. The van der Waals surface area contributed by atoms with Gasteiger partial charge in [-0.2, -0.15) is 0 Å². The lowest BCUT2D eigenvalue weighted by atomic mass is 10.1. The van der Waals surface area contributed by atoms with Crippen LogP contribution in [-0.4, -0.2) is 12.0 Å². The predicted molar refractivity (Wildman–Crippen MR) is 80.6 cm³/mol.